The SMILES string of the molecule is CC(NCc1ccsc1C(=O)O)C(=O)N1CCCCC1. The summed E-state index contributed by atoms with van der Waals surface area (Å²) in [5, 5.41) is 13.9. The highest BCUT2D eigenvalue weighted by Crippen LogP contribution is 2.17. The Bertz CT molecular complexity index is 481. The van der Waals surface area contributed by atoms with Crippen LogP contribution in [0, 0.1) is 0 Å². The van der Waals surface area contributed by atoms with Crippen LogP contribution >= 0.6 is 11.3 Å². The predicted octanol–water partition coefficient (Wildman–Crippen LogP) is 1.94. The highest BCUT2D eigenvalue weighted by molar-refractivity contribution is 7.12. The first kappa shape index (κ1) is 15.0. The second-order valence-corrected chi connectivity index (χ2v) is 5.98. The minimum absolute atomic E-state index is 0.108. The minimum atomic E-state index is -0.910. The molecule has 1 aliphatic rings. The first-order valence-electron chi connectivity index (χ1n) is 6.91. The van der Waals surface area contributed by atoms with E-state index in [0.29, 0.717) is 11.4 Å². The van der Waals surface area contributed by atoms with Crippen LogP contribution in [0.15, 0.2) is 11.4 Å². The van der Waals surface area contributed by atoms with Crippen LogP contribution in [0.2, 0.25) is 0 Å². The minimum Gasteiger partial charge on any atom is -0.477 e. The van der Waals surface area contributed by atoms with Crippen molar-refractivity contribution >= 4 is 23.2 Å². The van der Waals surface area contributed by atoms with Gasteiger partial charge in [-0.25, -0.2) is 4.79 Å². The Hall–Kier alpha value is -1.40. The zero-order chi connectivity index (χ0) is 14.5. The molecule has 1 aromatic heterocycles. The van der Waals surface area contributed by atoms with E-state index in [4.69, 9.17) is 5.11 Å². The van der Waals surface area contributed by atoms with Gasteiger partial charge in [0.1, 0.15) is 4.88 Å². The molecule has 0 saturated carbocycles. The van der Waals surface area contributed by atoms with Gasteiger partial charge in [0.15, 0.2) is 0 Å². The van der Waals surface area contributed by atoms with E-state index in [-0.39, 0.29) is 11.9 Å². The molecule has 0 aliphatic carbocycles. The molecule has 0 spiro atoms. The van der Waals surface area contributed by atoms with Gasteiger partial charge in [-0.15, -0.1) is 11.3 Å². The Morgan fingerprint density at radius 1 is 1.40 bits per heavy atom. The third-order valence-corrected chi connectivity index (χ3v) is 4.52. The summed E-state index contributed by atoms with van der Waals surface area (Å²) in [4.78, 5) is 25.5. The maximum absolute atomic E-state index is 12.2. The van der Waals surface area contributed by atoms with E-state index in [9.17, 15) is 9.59 Å². The van der Waals surface area contributed by atoms with Crippen molar-refractivity contribution < 1.29 is 14.7 Å². The average molecular weight is 296 g/mol. The van der Waals surface area contributed by atoms with E-state index in [0.717, 1.165) is 31.5 Å². The van der Waals surface area contributed by atoms with Crippen molar-refractivity contribution in [3.63, 3.8) is 0 Å². The number of nitrogens with one attached hydrogen (secondary N) is 1. The number of aromatic carboxylic acids is 1. The van der Waals surface area contributed by atoms with Crippen molar-refractivity contribution in [3.05, 3.63) is 21.9 Å². The van der Waals surface area contributed by atoms with Crippen LogP contribution in [0.3, 0.4) is 0 Å². The second-order valence-electron chi connectivity index (χ2n) is 5.07. The summed E-state index contributed by atoms with van der Waals surface area (Å²) in [5.74, 6) is -0.802. The number of carboxylic acid groups (broad SMARTS) is 1. The van der Waals surface area contributed by atoms with E-state index in [1.807, 2.05) is 11.8 Å². The second kappa shape index (κ2) is 6.85. The monoisotopic (exact) mass is 296 g/mol. The van der Waals surface area contributed by atoms with Crippen LogP contribution < -0.4 is 5.32 Å². The normalized spacial score (nSPS) is 16.9. The van der Waals surface area contributed by atoms with Crippen molar-refractivity contribution in [2.45, 2.75) is 38.8 Å². The number of piperidine rings is 1. The number of rotatable bonds is 5. The number of likely N-dealkylation sites (tertiary alicyclic amines) is 1. The molecule has 1 saturated heterocycles. The zero-order valence-electron chi connectivity index (χ0n) is 11.6. The molecule has 0 radical (unpaired) electrons. The van der Waals surface area contributed by atoms with Crippen LogP contribution in [-0.4, -0.2) is 41.0 Å². The van der Waals surface area contributed by atoms with Gasteiger partial charge in [0.2, 0.25) is 5.91 Å². The number of carbonyl (C=O) groups is 2. The molecule has 1 aromatic rings. The summed E-state index contributed by atoms with van der Waals surface area (Å²) in [6.45, 7) is 3.92. The van der Waals surface area contributed by atoms with Gasteiger partial charge < -0.3 is 15.3 Å². The van der Waals surface area contributed by atoms with Gasteiger partial charge in [0.25, 0.3) is 0 Å². The molecule has 1 fully saturated rings. The summed E-state index contributed by atoms with van der Waals surface area (Å²) in [7, 11) is 0. The Balaban J connectivity index is 1.87. The van der Waals surface area contributed by atoms with Gasteiger partial charge in [-0.2, -0.15) is 0 Å². The molecule has 0 aromatic carbocycles. The summed E-state index contributed by atoms with van der Waals surface area (Å²) < 4.78 is 0. The number of hydrogen-bond acceptors (Lipinski definition) is 4. The summed E-state index contributed by atoms with van der Waals surface area (Å²) in [6.07, 6.45) is 3.35. The Morgan fingerprint density at radius 3 is 2.75 bits per heavy atom. The molecule has 20 heavy (non-hydrogen) atoms. The molecule has 1 atom stereocenters. The highest BCUT2D eigenvalue weighted by Gasteiger charge is 2.22. The molecule has 0 bridgehead atoms. The lowest BCUT2D eigenvalue weighted by Gasteiger charge is -2.29. The third-order valence-electron chi connectivity index (χ3n) is 3.58. The number of nitrogens with zero attached hydrogens (tertiary/aromatic N) is 1. The van der Waals surface area contributed by atoms with E-state index in [1.54, 1.807) is 11.4 Å². The summed E-state index contributed by atoms with van der Waals surface area (Å²) in [6, 6.07) is 1.51. The molecule has 110 valence electrons. The number of amides is 1. The van der Waals surface area contributed by atoms with Gasteiger partial charge >= 0.3 is 5.97 Å². The molecule has 6 heteroatoms. The smallest absolute Gasteiger partial charge is 0.346 e. The van der Waals surface area contributed by atoms with Crippen LogP contribution in [0.4, 0.5) is 0 Å². The highest BCUT2D eigenvalue weighted by atomic mass is 32.1. The number of thiophene rings is 1. The zero-order valence-corrected chi connectivity index (χ0v) is 12.4. The Labute approximate surface area is 122 Å². The molecule has 5 nitrogen and oxygen atoms in total. The Morgan fingerprint density at radius 2 is 2.10 bits per heavy atom. The quantitative estimate of drug-likeness (QED) is 0.871. The summed E-state index contributed by atoms with van der Waals surface area (Å²) >= 11 is 1.21. The van der Waals surface area contributed by atoms with Crippen molar-refractivity contribution in [2.24, 2.45) is 0 Å². The molecule has 2 rings (SSSR count). The van der Waals surface area contributed by atoms with E-state index in [1.165, 1.54) is 17.8 Å². The predicted molar refractivity (Wildman–Crippen MR) is 78.0 cm³/mol. The van der Waals surface area contributed by atoms with Gasteiger partial charge in [-0.1, -0.05) is 0 Å². The van der Waals surface area contributed by atoms with Crippen LogP contribution in [0.5, 0.6) is 0 Å². The van der Waals surface area contributed by atoms with Crippen LogP contribution in [0.25, 0.3) is 0 Å². The van der Waals surface area contributed by atoms with Gasteiger partial charge in [0, 0.05) is 19.6 Å². The fourth-order valence-electron chi connectivity index (χ4n) is 2.40. The van der Waals surface area contributed by atoms with Crippen molar-refractivity contribution in [1.82, 2.24) is 10.2 Å². The lowest BCUT2D eigenvalue weighted by molar-refractivity contribution is -0.133. The fraction of sp³-hybridized carbons (Fsp3) is 0.571. The van der Waals surface area contributed by atoms with Gasteiger partial charge in [-0.3, -0.25) is 4.79 Å². The molecule has 1 unspecified atom stereocenters. The number of carboxylic acids is 1. The third kappa shape index (κ3) is 3.58. The van der Waals surface area contributed by atoms with Crippen LogP contribution in [-0.2, 0) is 11.3 Å². The van der Waals surface area contributed by atoms with Crippen molar-refractivity contribution in [1.29, 1.82) is 0 Å². The molecular formula is C14H20N2O3S. The maximum atomic E-state index is 12.2. The first-order valence-corrected chi connectivity index (χ1v) is 7.79. The Kier molecular flexibility index (Phi) is 5.14. The average Bonchev–Trinajstić information content (AvgIpc) is 2.93. The van der Waals surface area contributed by atoms with Gasteiger partial charge in [-0.05, 0) is 43.2 Å². The van der Waals surface area contributed by atoms with Gasteiger partial charge in [0.05, 0.1) is 6.04 Å². The molecular weight excluding hydrogens is 276 g/mol. The maximum Gasteiger partial charge on any atom is 0.346 e. The fourth-order valence-corrected chi connectivity index (χ4v) is 3.16. The largest absolute Gasteiger partial charge is 0.477 e. The van der Waals surface area contributed by atoms with E-state index in [2.05, 4.69) is 5.32 Å². The standard InChI is InChI=1S/C14H20N2O3S/c1-10(13(17)16-6-3-2-4-7-16)15-9-11-5-8-20-12(11)14(18)19/h5,8,10,15H,2-4,6-7,9H2,1H3,(H,18,19). The summed E-state index contributed by atoms with van der Waals surface area (Å²) in [5.41, 5.74) is 0.737. The van der Waals surface area contributed by atoms with E-state index < -0.39 is 5.97 Å². The van der Waals surface area contributed by atoms with Crippen molar-refractivity contribution in [2.75, 3.05) is 13.1 Å². The number of hydrogen-bond donors (Lipinski definition) is 2. The van der Waals surface area contributed by atoms with E-state index >= 15 is 0 Å². The molecule has 1 amide bonds. The molecule has 1 aliphatic heterocycles. The lowest BCUT2D eigenvalue weighted by Crippen LogP contribution is -2.46. The van der Waals surface area contributed by atoms with Crippen LogP contribution in [0.1, 0.15) is 41.4 Å². The first-order chi connectivity index (χ1) is 9.59. The molecule has 2 heterocycles. The lowest BCUT2D eigenvalue weighted by atomic mass is 10.1. The number of carbonyl (C=O) groups excluding carboxylic acids is 1. The molecule has 2 N–H and O–H groups in total. The van der Waals surface area contributed by atoms with Crippen molar-refractivity contribution in [3.8, 4) is 0 Å². The topological polar surface area (TPSA) is 69.6 Å².